The summed E-state index contributed by atoms with van der Waals surface area (Å²) in [5, 5.41) is 17.6. The highest BCUT2D eigenvalue weighted by Gasteiger charge is 2.32. The summed E-state index contributed by atoms with van der Waals surface area (Å²) < 4.78 is 0. The second kappa shape index (κ2) is 17.8. The van der Waals surface area contributed by atoms with Crippen LogP contribution in [0.25, 0.3) is 0 Å². The van der Waals surface area contributed by atoms with Gasteiger partial charge >= 0.3 is 5.97 Å². The summed E-state index contributed by atoms with van der Waals surface area (Å²) in [6.07, 6.45) is 4.56. The Kier molecular flexibility index (Phi) is 15.6. The Balaban J connectivity index is 2.93. The third kappa shape index (κ3) is 12.0. The average Bonchev–Trinajstić information content (AvgIpc) is 2.88. The fourth-order valence-electron chi connectivity index (χ4n) is 3.71. The molecule has 10 nitrogen and oxygen atoms in total. The monoisotopic (exact) mass is 537 g/mol. The summed E-state index contributed by atoms with van der Waals surface area (Å²) in [6, 6.07) is 5.59. The molecule has 8 N–H and O–H groups in total. The SMILES string of the molecule is CCC(C)C(NC(=O)C(N)Cc1ccccc1)C(=O)NC(CCSC)C(=O)NC(CCCCN)C(=O)O. The number of hydrogen-bond donors (Lipinski definition) is 6. The largest absolute Gasteiger partial charge is 0.480 e. The van der Waals surface area contributed by atoms with Crippen LogP contribution in [0.3, 0.4) is 0 Å². The molecule has 0 spiro atoms. The van der Waals surface area contributed by atoms with Crippen LogP contribution in [0.15, 0.2) is 30.3 Å². The second-order valence-electron chi connectivity index (χ2n) is 9.19. The number of aliphatic carboxylic acids is 1. The van der Waals surface area contributed by atoms with Crippen molar-refractivity contribution in [1.82, 2.24) is 16.0 Å². The van der Waals surface area contributed by atoms with Gasteiger partial charge in [-0.05, 0) is 62.1 Å². The van der Waals surface area contributed by atoms with Gasteiger partial charge in [-0.15, -0.1) is 0 Å². The molecule has 208 valence electrons. The number of carbonyl (C=O) groups excluding carboxylic acids is 3. The summed E-state index contributed by atoms with van der Waals surface area (Å²) in [4.78, 5) is 50.8. The lowest BCUT2D eigenvalue weighted by molar-refractivity contribution is -0.142. The third-order valence-corrected chi connectivity index (χ3v) is 6.88. The molecule has 0 radical (unpaired) electrons. The number of unbranched alkanes of at least 4 members (excludes halogenated alkanes) is 1. The van der Waals surface area contributed by atoms with Crippen molar-refractivity contribution in [3.05, 3.63) is 35.9 Å². The molecule has 1 aromatic carbocycles. The normalized spacial score (nSPS) is 15.1. The number of carboxylic acids is 1. The average molecular weight is 538 g/mol. The summed E-state index contributed by atoms with van der Waals surface area (Å²) in [7, 11) is 0. The Hall–Kier alpha value is -2.63. The number of amides is 3. The molecule has 11 heteroatoms. The highest BCUT2D eigenvalue weighted by atomic mass is 32.2. The van der Waals surface area contributed by atoms with E-state index in [-0.39, 0.29) is 12.3 Å². The number of hydrogen-bond acceptors (Lipinski definition) is 7. The molecular weight excluding hydrogens is 494 g/mol. The van der Waals surface area contributed by atoms with Crippen LogP contribution in [-0.2, 0) is 25.6 Å². The van der Waals surface area contributed by atoms with E-state index in [1.807, 2.05) is 50.4 Å². The smallest absolute Gasteiger partial charge is 0.326 e. The predicted molar refractivity (Wildman–Crippen MR) is 147 cm³/mol. The van der Waals surface area contributed by atoms with Crippen molar-refractivity contribution in [3.8, 4) is 0 Å². The Morgan fingerprint density at radius 1 is 0.946 bits per heavy atom. The summed E-state index contributed by atoms with van der Waals surface area (Å²) >= 11 is 1.50. The number of nitrogens with two attached hydrogens (primary N) is 2. The van der Waals surface area contributed by atoms with Crippen molar-refractivity contribution in [2.75, 3.05) is 18.6 Å². The zero-order valence-electron chi connectivity index (χ0n) is 22.1. The van der Waals surface area contributed by atoms with Gasteiger partial charge in [0, 0.05) is 0 Å². The van der Waals surface area contributed by atoms with E-state index in [9.17, 15) is 24.3 Å². The van der Waals surface area contributed by atoms with Crippen molar-refractivity contribution in [3.63, 3.8) is 0 Å². The molecule has 0 aromatic heterocycles. The van der Waals surface area contributed by atoms with Crippen LogP contribution in [0.1, 0.15) is 51.5 Å². The Bertz CT molecular complexity index is 857. The molecule has 5 atom stereocenters. The predicted octanol–water partition coefficient (Wildman–Crippen LogP) is 1.02. The highest BCUT2D eigenvalue weighted by Crippen LogP contribution is 2.11. The van der Waals surface area contributed by atoms with E-state index < -0.39 is 47.9 Å². The molecule has 0 aliphatic heterocycles. The molecule has 3 amide bonds. The van der Waals surface area contributed by atoms with Crippen LogP contribution in [-0.4, -0.2) is 71.5 Å². The number of benzene rings is 1. The first-order chi connectivity index (χ1) is 17.6. The molecular formula is C26H43N5O5S. The second-order valence-corrected chi connectivity index (χ2v) is 10.2. The topological polar surface area (TPSA) is 177 Å². The van der Waals surface area contributed by atoms with Crippen LogP contribution in [0.2, 0.25) is 0 Å². The van der Waals surface area contributed by atoms with E-state index in [0.717, 1.165) is 5.56 Å². The van der Waals surface area contributed by atoms with E-state index in [1.54, 1.807) is 0 Å². The standard InChI is InChI=1S/C26H43N5O5S/c1-4-17(2)22(31-23(32)19(28)16-18-10-6-5-7-11-18)25(34)29-20(13-15-37-3)24(33)30-21(26(35)36)12-8-9-14-27/h5-7,10-11,17,19-22H,4,8-9,12-16,27-28H2,1-3H3,(H,29,34)(H,30,33)(H,31,32)(H,35,36). The van der Waals surface area contributed by atoms with Crippen molar-refractivity contribution in [2.45, 2.75) is 76.5 Å². The zero-order valence-corrected chi connectivity index (χ0v) is 22.9. The summed E-state index contributed by atoms with van der Waals surface area (Å²) in [6.45, 7) is 4.17. The molecule has 0 aliphatic carbocycles. The van der Waals surface area contributed by atoms with Crippen molar-refractivity contribution in [2.24, 2.45) is 17.4 Å². The van der Waals surface area contributed by atoms with Crippen LogP contribution in [0.4, 0.5) is 0 Å². The van der Waals surface area contributed by atoms with Crippen LogP contribution in [0.5, 0.6) is 0 Å². The fourth-order valence-corrected chi connectivity index (χ4v) is 4.18. The minimum absolute atomic E-state index is 0.222. The summed E-state index contributed by atoms with van der Waals surface area (Å²) in [5.41, 5.74) is 12.5. The molecule has 1 aromatic rings. The molecule has 1 rings (SSSR count). The maximum atomic E-state index is 13.3. The molecule has 0 saturated carbocycles. The lowest BCUT2D eigenvalue weighted by atomic mass is 9.96. The van der Waals surface area contributed by atoms with E-state index in [2.05, 4.69) is 16.0 Å². The van der Waals surface area contributed by atoms with E-state index in [0.29, 0.717) is 44.4 Å². The number of thioether (sulfide) groups is 1. The Morgan fingerprint density at radius 3 is 2.16 bits per heavy atom. The lowest BCUT2D eigenvalue weighted by Gasteiger charge is -2.28. The van der Waals surface area contributed by atoms with Crippen molar-refractivity contribution < 1.29 is 24.3 Å². The van der Waals surface area contributed by atoms with Crippen molar-refractivity contribution in [1.29, 1.82) is 0 Å². The van der Waals surface area contributed by atoms with E-state index in [4.69, 9.17) is 11.5 Å². The van der Waals surface area contributed by atoms with Gasteiger partial charge in [0.25, 0.3) is 0 Å². The first kappa shape index (κ1) is 32.4. The molecule has 0 heterocycles. The first-order valence-electron chi connectivity index (χ1n) is 12.8. The molecule has 0 bridgehead atoms. The highest BCUT2D eigenvalue weighted by molar-refractivity contribution is 7.98. The molecule has 5 unspecified atom stereocenters. The van der Waals surface area contributed by atoms with Crippen LogP contribution in [0, 0.1) is 5.92 Å². The van der Waals surface area contributed by atoms with Gasteiger partial charge in [0.2, 0.25) is 17.7 Å². The van der Waals surface area contributed by atoms with E-state index >= 15 is 0 Å². The van der Waals surface area contributed by atoms with Gasteiger partial charge < -0.3 is 32.5 Å². The third-order valence-electron chi connectivity index (χ3n) is 6.23. The van der Waals surface area contributed by atoms with Gasteiger partial charge in [-0.25, -0.2) is 4.79 Å². The maximum Gasteiger partial charge on any atom is 0.326 e. The van der Waals surface area contributed by atoms with Gasteiger partial charge in [0.1, 0.15) is 18.1 Å². The van der Waals surface area contributed by atoms with Crippen LogP contribution >= 0.6 is 11.8 Å². The Morgan fingerprint density at radius 2 is 1.59 bits per heavy atom. The van der Waals surface area contributed by atoms with E-state index in [1.165, 1.54) is 11.8 Å². The fraction of sp³-hybridized carbons (Fsp3) is 0.615. The van der Waals surface area contributed by atoms with Gasteiger partial charge in [0.05, 0.1) is 6.04 Å². The van der Waals surface area contributed by atoms with Gasteiger partial charge in [-0.3, -0.25) is 14.4 Å². The lowest BCUT2D eigenvalue weighted by Crippen LogP contribution is -2.58. The minimum atomic E-state index is -1.14. The number of carboxylic acid groups (broad SMARTS) is 1. The molecule has 0 aliphatic rings. The number of rotatable bonds is 18. The number of nitrogens with one attached hydrogen (secondary N) is 3. The molecule has 37 heavy (non-hydrogen) atoms. The minimum Gasteiger partial charge on any atom is -0.480 e. The van der Waals surface area contributed by atoms with Gasteiger partial charge in [-0.2, -0.15) is 11.8 Å². The Labute approximate surface area is 224 Å². The zero-order chi connectivity index (χ0) is 27.8. The maximum absolute atomic E-state index is 13.3. The quantitative estimate of drug-likeness (QED) is 0.150. The molecule has 0 saturated heterocycles. The van der Waals surface area contributed by atoms with Gasteiger partial charge in [-0.1, -0.05) is 50.6 Å². The number of carbonyl (C=O) groups is 4. The molecule has 0 fully saturated rings. The van der Waals surface area contributed by atoms with Crippen molar-refractivity contribution >= 4 is 35.5 Å². The first-order valence-corrected chi connectivity index (χ1v) is 14.2. The van der Waals surface area contributed by atoms with Gasteiger partial charge in [0.15, 0.2) is 0 Å². The van der Waals surface area contributed by atoms with Crippen LogP contribution < -0.4 is 27.4 Å². The summed E-state index contributed by atoms with van der Waals surface area (Å²) in [5.74, 6) is -2.33.